The summed E-state index contributed by atoms with van der Waals surface area (Å²) in [5.74, 6) is -1.28. The normalized spacial score (nSPS) is 14.4. The van der Waals surface area contributed by atoms with Crippen LogP contribution in [0.25, 0.3) is 0 Å². The maximum Gasteiger partial charge on any atom is 0.469 e. The summed E-state index contributed by atoms with van der Waals surface area (Å²) in [7, 11) is -25.4. The Morgan fingerprint density at radius 3 is 1.10 bits per heavy atom. The van der Waals surface area contributed by atoms with Crippen LogP contribution >= 0.6 is 0 Å². The predicted octanol–water partition coefficient (Wildman–Crippen LogP) is 13.1. The standard InChI is InChI=1S/C24H56O8Si5.C18H43NO6Si4.C17H38O6Si3/c1-14-15-18-33(4,5)29-35(8,9)31-37(12,13)32-36(10,11)30-34(6,7)19-16-17-27-20-23(25)21-28-24(26)22(2)3;1-11-18(22)19(15-17(21)16-20)13-12-14-29(23-26(2,3)4,24-27(5,6)7)25-28(8,9)10;1-15(2)17(19)21-14-16(18)13-20-11-10-12-26(9,22-24(3,4)5)23-25(6,7)8/h23,25H,2,14-21H2,1,3-13H3;11,17,20-21H,1,12-16H2,2-10H3;16,18H,1,10-14H2,2-9H3. The first-order valence-electron chi connectivity index (χ1n) is 32.8. The van der Waals surface area contributed by atoms with Gasteiger partial charge in [-0.05, 0) is 228 Å². The van der Waals surface area contributed by atoms with E-state index >= 15 is 0 Å². The van der Waals surface area contributed by atoms with E-state index in [-0.39, 0.29) is 38.9 Å². The van der Waals surface area contributed by atoms with Gasteiger partial charge in [0.05, 0.1) is 25.9 Å². The molecule has 0 bridgehead atoms. The zero-order valence-electron chi connectivity index (χ0n) is 63.4. The fraction of sp³-hybridized carbons (Fsp3) is 0.847. The van der Waals surface area contributed by atoms with Crippen molar-refractivity contribution in [3.05, 3.63) is 37.0 Å². The summed E-state index contributed by atoms with van der Waals surface area (Å²) < 4.78 is 80.3. The van der Waals surface area contributed by atoms with Crippen LogP contribution in [0.1, 0.15) is 52.9 Å². The van der Waals surface area contributed by atoms with Crippen LogP contribution in [0.4, 0.5) is 0 Å². The Kier molecular flexibility index (Phi) is 44.4. The van der Waals surface area contributed by atoms with E-state index in [1.807, 2.05) is 0 Å². The summed E-state index contributed by atoms with van der Waals surface area (Å²) in [4.78, 5) is 36.3. The summed E-state index contributed by atoms with van der Waals surface area (Å²) >= 11 is 0. The van der Waals surface area contributed by atoms with E-state index in [4.69, 9.17) is 61.1 Å². The van der Waals surface area contributed by atoms with Crippen LogP contribution in [-0.2, 0) is 70.4 Å². The molecule has 0 saturated carbocycles. The Morgan fingerprint density at radius 1 is 0.446 bits per heavy atom. The molecule has 0 aromatic rings. The van der Waals surface area contributed by atoms with Gasteiger partial charge >= 0.3 is 55.0 Å². The second-order valence-electron chi connectivity index (χ2n) is 31.5. The van der Waals surface area contributed by atoms with Crippen LogP contribution in [0.15, 0.2) is 37.0 Å². The van der Waals surface area contributed by atoms with Crippen LogP contribution in [0.2, 0.25) is 194 Å². The SMILES string of the molecule is C=C(C)C(=O)OCC(O)COCCC[Si](C)(C)O[Si](C)(C)O[Si](C)(C)O[Si](C)(C)O[Si](C)(C)CCCC.C=C(C)C(=O)OCC(O)COCCC[Si](C)(O[Si](C)(C)C)O[Si](C)(C)C.C=CC(=O)N(CCC[Si](O[Si](C)(C)C)(O[Si](C)(C)C)O[Si](C)(C)C)CC(O)CO. The minimum atomic E-state index is -2.95. The highest BCUT2D eigenvalue weighted by Crippen LogP contribution is 2.32. The Labute approximate surface area is 573 Å². The third-order valence-electron chi connectivity index (χ3n) is 11.7. The quantitative estimate of drug-likeness (QED) is 0.0191. The molecule has 33 heteroatoms. The van der Waals surface area contributed by atoms with E-state index in [0.717, 1.165) is 31.0 Å². The maximum absolute atomic E-state index is 12.2. The van der Waals surface area contributed by atoms with Gasteiger partial charge in [0.25, 0.3) is 0 Å². The first kappa shape index (κ1) is 95.8. The zero-order valence-corrected chi connectivity index (χ0v) is 75.4. The minimum absolute atomic E-state index is 0.0640. The largest absolute Gasteiger partial charge is 0.469 e. The average Bonchev–Trinajstić information content (AvgIpc) is 0.849. The van der Waals surface area contributed by atoms with E-state index in [0.29, 0.717) is 43.4 Å². The van der Waals surface area contributed by atoms with E-state index in [1.165, 1.54) is 23.8 Å². The van der Waals surface area contributed by atoms with Crippen LogP contribution in [0.5, 0.6) is 0 Å². The number of amides is 1. The number of hydrogen-bond donors (Lipinski definition) is 4. The number of ether oxygens (including phenoxy) is 4. The lowest BCUT2D eigenvalue weighted by atomic mass is 10.3. The van der Waals surface area contributed by atoms with Gasteiger partial charge in [-0.25, -0.2) is 9.59 Å². The molecule has 0 fully saturated rings. The minimum Gasteiger partial charge on any atom is -0.460 e. The van der Waals surface area contributed by atoms with Crippen molar-refractivity contribution in [2.75, 3.05) is 59.3 Å². The Morgan fingerprint density at radius 2 is 0.783 bits per heavy atom. The lowest BCUT2D eigenvalue weighted by molar-refractivity contribution is -0.143. The fourth-order valence-corrected chi connectivity index (χ4v) is 61.7. The molecule has 0 rings (SSSR count). The van der Waals surface area contributed by atoms with Gasteiger partial charge in [0.1, 0.15) is 25.4 Å². The molecule has 0 radical (unpaired) electrons. The van der Waals surface area contributed by atoms with Gasteiger partial charge in [0, 0.05) is 43.5 Å². The zero-order chi connectivity index (χ0) is 72.8. The molecule has 0 saturated heterocycles. The summed E-state index contributed by atoms with van der Waals surface area (Å²) in [6.07, 6.45) is 3.21. The van der Waals surface area contributed by atoms with Gasteiger partial charge in [-0.1, -0.05) is 39.5 Å². The molecule has 0 aliphatic rings. The van der Waals surface area contributed by atoms with Crippen molar-refractivity contribution < 1.29 is 90.8 Å². The predicted molar refractivity (Wildman–Crippen MR) is 404 cm³/mol. The summed E-state index contributed by atoms with van der Waals surface area (Å²) in [5.41, 5.74) is 0.618. The second-order valence-corrected chi connectivity index (χ2v) is 81.0. The Hall–Kier alpha value is -0.367. The lowest BCUT2D eigenvalue weighted by Gasteiger charge is -2.43. The Balaban J connectivity index is -0.00000132. The number of rotatable bonds is 47. The summed E-state index contributed by atoms with van der Waals surface area (Å²) in [6, 6.07) is 3.54. The van der Waals surface area contributed by atoms with Crippen molar-refractivity contribution in [2.45, 2.75) is 266 Å². The fourth-order valence-electron chi connectivity index (χ4n) is 9.75. The number of unbranched alkanes of at least 4 members (excludes halogenated alkanes) is 1. The molecule has 1 amide bonds. The van der Waals surface area contributed by atoms with Gasteiger partial charge in [0.15, 0.2) is 58.2 Å². The van der Waals surface area contributed by atoms with Gasteiger partial charge in [-0.3, -0.25) is 4.79 Å². The average molecular weight is 1520 g/mol. The second kappa shape index (κ2) is 42.7. The van der Waals surface area contributed by atoms with Crippen molar-refractivity contribution in [3.63, 3.8) is 0 Å². The van der Waals surface area contributed by atoms with E-state index in [2.05, 4.69) is 197 Å². The molecule has 3 unspecified atom stereocenters. The summed E-state index contributed by atoms with van der Waals surface area (Å²) in [6.45, 7) is 73.3. The molecular weight excluding hydrogens is 1380 g/mol. The Bertz CT molecular complexity index is 2110. The monoisotopic (exact) mass is 1520 g/mol. The number of nitrogens with zero attached hydrogens (tertiary/aromatic N) is 1. The van der Waals surface area contributed by atoms with Crippen molar-refractivity contribution in [2.24, 2.45) is 0 Å². The molecule has 21 nitrogen and oxygen atoms in total. The van der Waals surface area contributed by atoms with Gasteiger partial charge in [-0.2, -0.15) is 0 Å². The summed E-state index contributed by atoms with van der Waals surface area (Å²) in [5, 5.41) is 38.6. The highest BCUT2D eigenvalue weighted by molar-refractivity contribution is 6.92. The number of aliphatic hydroxyl groups excluding tert-OH is 4. The van der Waals surface area contributed by atoms with Crippen molar-refractivity contribution in [1.82, 2.24) is 4.90 Å². The maximum atomic E-state index is 12.2. The lowest BCUT2D eigenvalue weighted by Crippen LogP contribution is -2.60. The van der Waals surface area contributed by atoms with Gasteiger partial charge in [0.2, 0.25) is 5.91 Å². The number of carbonyl (C=O) groups excluding carboxylic acids is 3. The number of hydrogen-bond acceptors (Lipinski definition) is 20. The molecule has 0 spiro atoms. The van der Waals surface area contributed by atoms with Crippen LogP contribution in [0.3, 0.4) is 0 Å². The van der Waals surface area contributed by atoms with Crippen LogP contribution in [0, 0.1) is 0 Å². The van der Waals surface area contributed by atoms with Gasteiger partial charge in [-0.15, -0.1) is 0 Å². The number of esters is 2. The van der Waals surface area contributed by atoms with Crippen LogP contribution in [-0.4, -0.2) is 222 Å². The van der Waals surface area contributed by atoms with Crippen molar-refractivity contribution in [3.8, 4) is 0 Å². The van der Waals surface area contributed by atoms with Crippen LogP contribution < -0.4 is 0 Å². The molecule has 0 aromatic heterocycles. The smallest absolute Gasteiger partial charge is 0.460 e. The third-order valence-corrected chi connectivity index (χ3v) is 52.7. The highest BCUT2D eigenvalue weighted by Gasteiger charge is 2.50. The van der Waals surface area contributed by atoms with Crippen molar-refractivity contribution in [1.29, 1.82) is 0 Å². The number of carbonyl (C=O) groups is 3. The molecule has 3 atom stereocenters. The molecule has 0 aliphatic heterocycles. The van der Waals surface area contributed by atoms with Crippen molar-refractivity contribution >= 4 is 119 Å². The number of aliphatic hydroxyl groups is 4. The molecule has 4 N–H and O–H groups in total. The molecule has 0 heterocycles. The van der Waals surface area contributed by atoms with E-state index in [1.54, 1.807) is 13.8 Å². The van der Waals surface area contributed by atoms with E-state index in [9.17, 15) is 29.7 Å². The van der Waals surface area contributed by atoms with Gasteiger partial charge < -0.3 is 81.3 Å². The molecule has 0 aromatic carbocycles. The first-order chi connectivity index (χ1) is 41.2. The molecule has 546 valence electrons. The van der Waals surface area contributed by atoms with E-state index < -0.39 is 138 Å². The topological polar surface area (TPSA) is 255 Å². The first-order valence-corrected chi connectivity index (χ1v) is 69.0. The molecular formula is C59H137NO20Si12. The molecule has 0 aliphatic carbocycles. The third kappa shape index (κ3) is 54.5. The molecule has 92 heavy (non-hydrogen) atoms. The highest BCUT2D eigenvalue weighted by atomic mass is 28.5.